The highest BCUT2D eigenvalue weighted by atomic mass is 19.1. The molecule has 4 saturated carbocycles. The summed E-state index contributed by atoms with van der Waals surface area (Å²) in [6.45, 7) is 7.01. The van der Waals surface area contributed by atoms with Crippen molar-refractivity contribution in [2.45, 2.75) is 91.3 Å². The van der Waals surface area contributed by atoms with E-state index >= 15 is 0 Å². The molecule has 0 aromatic heterocycles. The summed E-state index contributed by atoms with van der Waals surface area (Å²) in [5.41, 5.74) is 1.84. The van der Waals surface area contributed by atoms with Gasteiger partial charge in [0.15, 0.2) is 0 Å². The summed E-state index contributed by atoms with van der Waals surface area (Å²) >= 11 is 0. The van der Waals surface area contributed by atoms with Gasteiger partial charge < -0.3 is 4.90 Å². The van der Waals surface area contributed by atoms with Crippen LogP contribution in [0.4, 0.5) is 13.2 Å². The molecule has 5 rings (SSSR count). The van der Waals surface area contributed by atoms with E-state index in [-0.39, 0.29) is 11.3 Å². The second-order valence-electron chi connectivity index (χ2n) is 11.5. The summed E-state index contributed by atoms with van der Waals surface area (Å²) < 4.78 is 33.0. The van der Waals surface area contributed by atoms with Crippen molar-refractivity contribution in [1.82, 2.24) is 4.90 Å². The fourth-order valence-electron chi connectivity index (χ4n) is 8.50. The number of rotatable bonds is 3. The summed E-state index contributed by atoms with van der Waals surface area (Å²) in [7, 11) is 2.93. The van der Waals surface area contributed by atoms with Crippen LogP contribution < -0.4 is 0 Å². The largest absolute Gasteiger partial charge is 0.341 e. The van der Waals surface area contributed by atoms with Crippen molar-refractivity contribution in [2.75, 3.05) is 21.4 Å². The maximum atomic E-state index is 14.0. The minimum absolute atomic E-state index is 0.112. The van der Waals surface area contributed by atoms with E-state index in [0.29, 0.717) is 44.2 Å². The van der Waals surface area contributed by atoms with Gasteiger partial charge in [-0.05, 0) is 110 Å². The predicted molar refractivity (Wildman–Crippen MR) is 149 cm³/mol. The highest BCUT2D eigenvalue weighted by molar-refractivity contribution is 5.80. The quantitative estimate of drug-likeness (QED) is 0.391. The minimum Gasteiger partial charge on any atom is -0.341 e. The molecule has 38 heavy (non-hydrogen) atoms. The molecule has 4 fully saturated rings. The number of alkyl halides is 3. The van der Waals surface area contributed by atoms with Gasteiger partial charge in [-0.3, -0.25) is 13.6 Å². The van der Waals surface area contributed by atoms with E-state index in [9.17, 15) is 18.0 Å². The van der Waals surface area contributed by atoms with Crippen LogP contribution in [0, 0.1) is 52.3 Å². The van der Waals surface area contributed by atoms with Crippen LogP contribution in [0.3, 0.4) is 0 Å². The number of halogens is 3. The van der Waals surface area contributed by atoms with E-state index in [1.807, 2.05) is 50.1 Å². The smallest absolute Gasteiger partial charge is 0.226 e. The molecule has 4 aliphatic carbocycles. The summed E-state index contributed by atoms with van der Waals surface area (Å²) in [5.74, 6) is 3.93. The molecule has 0 heterocycles. The van der Waals surface area contributed by atoms with Gasteiger partial charge in [0.25, 0.3) is 0 Å². The van der Waals surface area contributed by atoms with Crippen LogP contribution >= 0.6 is 0 Å². The fourth-order valence-corrected chi connectivity index (χ4v) is 8.50. The van der Waals surface area contributed by atoms with Gasteiger partial charge in [0.2, 0.25) is 5.91 Å². The van der Waals surface area contributed by atoms with Crippen LogP contribution in [-0.4, -0.2) is 38.4 Å². The maximum absolute atomic E-state index is 14.0. The predicted octanol–water partition coefficient (Wildman–Crippen LogP) is 8.32. The Balaban J connectivity index is 0.000000791. The molecule has 4 aliphatic rings. The van der Waals surface area contributed by atoms with Gasteiger partial charge in [-0.2, -0.15) is 5.26 Å². The number of carbonyl (C=O) groups is 1. The molecule has 214 valence electrons. The first-order chi connectivity index (χ1) is 18.4. The number of hydrogen-bond donors (Lipinski definition) is 0. The van der Waals surface area contributed by atoms with Crippen LogP contribution in [0.2, 0.25) is 0 Å². The van der Waals surface area contributed by atoms with E-state index < -0.39 is 6.17 Å². The Bertz CT molecular complexity index is 901. The van der Waals surface area contributed by atoms with Gasteiger partial charge >= 0.3 is 0 Å². The molecule has 0 radical (unpaired) electrons. The molecule has 1 aromatic carbocycles. The molecular weight excluding hydrogens is 485 g/mol. The minimum atomic E-state index is -0.568. The first-order valence-corrected chi connectivity index (χ1v) is 14.5. The lowest BCUT2D eigenvalue weighted by molar-refractivity contribution is -0.142. The molecule has 6 heteroatoms. The van der Waals surface area contributed by atoms with Crippen molar-refractivity contribution in [3.05, 3.63) is 35.4 Å². The standard InChI is InChI=1S/C28H37FN2O.C2H6.2CH3F/c1-28-14-13-23-22-10-8-21(29)15-20(22)7-9-24(23)25(28)11-12-26(28)27(32)31(2)17-19-5-3-18(16-30)4-6-19;3*1-2/h3-6,20-26H,7-15,17H2,1-2H3;1-2H3;2*1H3/t20?,21-,22?,23?,24?,25?,26+,28?;;;/m0.../s1. The molecule has 1 amide bonds. The zero-order valence-electron chi connectivity index (χ0n) is 24.4. The fraction of sp³-hybridized carbons (Fsp3) is 0.750. The van der Waals surface area contributed by atoms with Crippen LogP contribution in [0.5, 0.6) is 0 Å². The Labute approximate surface area is 229 Å². The number of nitrogens with zero attached hydrogens (tertiary/aromatic N) is 2. The van der Waals surface area contributed by atoms with Crippen molar-refractivity contribution in [2.24, 2.45) is 40.9 Å². The summed E-state index contributed by atoms with van der Waals surface area (Å²) in [6, 6.07) is 9.72. The monoisotopic (exact) mass is 534 g/mol. The number of benzene rings is 1. The first kappa shape index (κ1) is 32.2. The lowest BCUT2D eigenvalue weighted by atomic mass is 9.49. The van der Waals surface area contributed by atoms with Crippen molar-refractivity contribution in [3.63, 3.8) is 0 Å². The number of fused-ring (bicyclic) bond motifs is 5. The second kappa shape index (κ2) is 14.9. The van der Waals surface area contributed by atoms with Gasteiger partial charge in [-0.25, -0.2) is 4.39 Å². The van der Waals surface area contributed by atoms with Crippen molar-refractivity contribution in [1.29, 1.82) is 5.26 Å². The molecule has 0 bridgehead atoms. The SMILES string of the molecule is CC.CF.CF.CN(Cc1ccc(C#N)cc1)C(=O)[C@H]1CCC2C3CCC4C[C@@H](F)CCC4C3CCC21C. The lowest BCUT2D eigenvalue weighted by Crippen LogP contribution is -2.50. The third-order valence-electron chi connectivity index (χ3n) is 10.1. The second-order valence-corrected chi connectivity index (χ2v) is 11.5. The average molecular weight is 535 g/mol. The topological polar surface area (TPSA) is 44.1 Å². The lowest BCUT2D eigenvalue weighted by Gasteiger charge is -2.56. The molecule has 8 atom stereocenters. The Morgan fingerprint density at radius 1 is 0.947 bits per heavy atom. The molecular formula is C32H49F3N2O. The van der Waals surface area contributed by atoms with Crippen molar-refractivity contribution < 1.29 is 18.0 Å². The Morgan fingerprint density at radius 3 is 2.21 bits per heavy atom. The Kier molecular flexibility index (Phi) is 12.7. The van der Waals surface area contributed by atoms with E-state index in [1.165, 1.54) is 25.7 Å². The third-order valence-corrected chi connectivity index (χ3v) is 10.1. The summed E-state index contributed by atoms with van der Waals surface area (Å²) in [6.07, 6.45) is 9.14. The van der Waals surface area contributed by atoms with Gasteiger partial charge in [-0.1, -0.05) is 32.9 Å². The normalized spacial score (nSPS) is 34.6. The molecule has 1 aromatic rings. The van der Waals surface area contributed by atoms with Crippen molar-refractivity contribution >= 4 is 5.91 Å². The third kappa shape index (κ3) is 6.57. The Morgan fingerprint density at radius 2 is 1.58 bits per heavy atom. The molecule has 3 nitrogen and oxygen atoms in total. The van der Waals surface area contributed by atoms with Crippen LogP contribution in [0.25, 0.3) is 0 Å². The van der Waals surface area contributed by atoms with Gasteiger partial charge in [0.05, 0.1) is 26.0 Å². The van der Waals surface area contributed by atoms with E-state index in [4.69, 9.17) is 5.26 Å². The Hall–Kier alpha value is -2.03. The number of carbonyl (C=O) groups excluding carboxylic acids is 1. The number of amides is 1. The maximum Gasteiger partial charge on any atom is 0.226 e. The average Bonchev–Trinajstić information content (AvgIpc) is 3.33. The molecule has 0 spiro atoms. The first-order valence-electron chi connectivity index (χ1n) is 14.5. The highest BCUT2D eigenvalue weighted by Gasteiger charge is 2.58. The van der Waals surface area contributed by atoms with Crippen LogP contribution in [-0.2, 0) is 11.3 Å². The van der Waals surface area contributed by atoms with Gasteiger partial charge in [0.1, 0.15) is 6.17 Å². The summed E-state index contributed by atoms with van der Waals surface area (Å²) in [5, 5.41) is 9.01. The molecule has 0 aliphatic heterocycles. The van der Waals surface area contributed by atoms with E-state index in [1.54, 1.807) is 0 Å². The van der Waals surface area contributed by atoms with E-state index in [0.717, 1.165) is 55.4 Å². The van der Waals surface area contributed by atoms with E-state index in [2.05, 4.69) is 13.0 Å². The van der Waals surface area contributed by atoms with Gasteiger partial charge in [0, 0.05) is 19.5 Å². The van der Waals surface area contributed by atoms with Gasteiger partial charge in [-0.15, -0.1) is 0 Å². The van der Waals surface area contributed by atoms with Crippen LogP contribution in [0.15, 0.2) is 24.3 Å². The highest BCUT2D eigenvalue weighted by Crippen LogP contribution is 2.64. The number of nitriles is 1. The van der Waals surface area contributed by atoms with Crippen molar-refractivity contribution in [3.8, 4) is 6.07 Å². The summed E-state index contributed by atoms with van der Waals surface area (Å²) in [4.78, 5) is 15.5. The zero-order valence-corrected chi connectivity index (χ0v) is 24.4. The molecule has 6 unspecified atom stereocenters. The zero-order chi connectivity index (χ0) is 28.5. The number of hydrogen-bond acceptors (Lipinski definition) is 2. The molecule has 0 saturated heterocycles. The van der Waals surface area contributed by atoms with Crippen LogP contribution in [0.1, 0.15) is 89.7 Å². The molecule has 0 N–H and O–H groups in total.